The lowest BCUT2D eigenvalue weighted by molar-refractivity contribution is 0.146. The van der Waals surface area contributed by atoms with Gasteiger partial charge in [-0.05, 0) is 24.3 Å². The van der Waals surface area contributed by atoms with E-state index in [9.17, 15) is 8.42 Å². The summed E-state index contributed by atoms with van der Waals surface area (Å²) in [5, 5.41) is 0. The molecule has 0 atom stereocenters. The molecule has 0 saturated carbocycles. The molecule has 0 bridgehead atoms. The highest BCUT2D eigenvalue weighted by atomic mass is 32.2. The lowest BCUT2D eigenvalue weighted by atomic mass is 10.3. The second-order valence-corrected chi connectivity index (χ2v) is 5.10. The Morgan fingerprint density at radius 3 is 2.20 bits per heavy atom. The van der Waals surface area contributed by atoms with Gasteiger partial charge in [0.05, 0.1) is 11.5 Å². The molecular formula is C10H14O4S. The monoisotopic (exact) mass is 230 g/mol. The van der Waals surface area contributed by atoms with E-state index in [-0.39, 0.29) is 0 Å². The first-order chi connectivity index (χ1) is 7.04. The Labute approximate surface area is 89.7 Å². The van der Waals surface area contributed by atoms with Gasteiger partial charge in [0.2, 0.25) is 0 Å². The molecule has 15 heavy (non-hydrogen) atoms. The first-order valence-electron chi connectivity index (χ1n) is 4.46. The van der Waals surface area contributed by atoms with Gasteiger partial charge in [-0.2, -0.15) is 0 Å². The Kier molecular flexibility index (Phi) is 4.11. The number of hydrogen-bond acceptors (Lipinski definition) is 4. The molecule has 4 nitrogen and oxygen atoms in total. The lowest BCUT2D eigenvalue weighted by Crippen LogP contribution is -2.04. The fourth-order valence-electron chi connectivity index (χ4n) is 1.03. The van der Waals surface area contributed by atoms with Crippen molar-refractivity contribution < 1.29 is 17.9 Å². The highest BCUT2D eigenvalue weighted by Gasteiger charge is 2.05. The van der Waals surface area contributed by atoms with Crippen LogP contribution in [0.3, 0.4) is 0 Å². The topological polar surface area (TPSA) is 52.6 Å². The molecule has 0 aliphatic rings. The molecule has 0 fully saturated rings. The van der Waals surface area contributed by atoms with Crippen LogP contribution >= 0.6 is 0 Å². The number of hydrogen-bond donors (Lipinski definition) is 0. The van der Waals surface area contributed by atoms with Gasteiger partial charge in [0.15, 0.2) is 9.84 Å². The summed E-state index contributed by atoms with van der Waals surface area (Å²) >= 11 is 0. The zero-order valence-electron chi connectivity index (χ0n) is 8.76. The zero-order valence-corrected chi connectivity index (χ0v) is 9.58. The predicted molar refractivity (Wildman–Crippen MR) is 56.9 cm³/mol. The molecule has 1 aromatic carbocycles. The van der Waals surface area contributed by atoms with E-state index in [2.05, 4.69) is 0 Å². The van der Waals surface area contributed by atoms with Crippen LogP contribution in [-0.2, 0) is 14.6 Å². The molecule has 0 saturated heterocycles. The normalized spacial score (nSPS) is 11.3. The quantitative estimate of drug-likeness (QED) is 0.711. The van der Waals surface area contributed by atoms with Crippen LogP contribution in [0.15, 0.2) is 29.2 Å². The van der Waals surface area contributed by atoms with E-state index in [1.807, 2.05) is 0 Å². The SMILES string of the molecule is COCCOc1ccc(S(C)(=O)=O)cc1. The third-order valence-corrected chi connectivity index (χ3v) is 2.94. The van der Waals surface area contributed by atoms with Crippen molar-refractivity contribution in [3.05, 3.63) is 24.3 Å². The summed E-state index contributed by atoms with van der Waals surface area (Å²) in [5.41, 5.74) is 0. The molecule has 0 spiro atoms. The fraction of sp³-hybridized carbons (Fsp3) is 0.400. The van der Waals surface area contributed by atoms with Gasteiger partial charge in [0.25, 0.3) is 0 Å². The second kappa shape index (κ2) is 5.14. The van der Waals surface area contributed by atoms with Crippen LogP contribution in [0.2, 0.25) is 0 Å². The second-order valence-electron chi connectivity index (χ2n) is 3.08. The highest BCUT2D eigenvalue weighted by Crippen LogP contribution is 2.15. The van der Waals surface area contributed by atoms with Crippen LogP contribution in [-0.4, -0.2) is 35.0 Å². The fourth-order valence-corrected chi connectivity index (χ4v) is 1.66. The Morgan fingerprint density at radius 2 is 1.73 bits per heavy atom. The molecule has 84 valence electrons. The van der Waals surface area contributed by atoms with Gasteiger partial charge in [-0.1, -0.05) is 0 Å². The van der Waals surface area contributed by atoms with Crippen molar-refractivity contribution in [2.45, 2.75) is 4.90 Å². The molecular weight excluding hydrogens is 216 g/mol. The summed E-state index contributed by atoms with van der Waals surface area (Å²) in [6.45, 7) is 0.961. The Balaban J connectivity index is 2.65. The molecule has 0 unspecified atom stereocenters. The van der Waals surface area contributed by atoms with Crippen LogP contribution in [0.5, 0.6) is 5.75 Å². The molecule has 0 N–H and O–H groups in total. The maximum absolute atomic E-state index is 11.1. The molecule has 0 heterocycles. The van der Waals surface area contributed by atoms with Crippen molar-refractivity contribution in [3.63, 3.8) is 0 Å². The average molecular weight is 230 g/mol. The summed E-state index contributed by atoms with van der Waals surface area (Å²) in [5.74, 6) is 0.638. The number of ether oxygens (including phenoxy) is 2. The van der Waals surface area contributed by atoms with Gasteiger partial charge < -0.3 is 9.47 Å². The maximum atomic E-state index is 11.1. The largest absolute Gasteiger partial charge is 0.491 e. The first-order valence-corrected chi connectivity index (χ1v) is 6.35. The zero-order chi connectivity index (χ0) is 11.3. The molecule has 0 radical (unpaired) electrons. The standard InChI is InChI=1S/C10H14O4S/c1-13-7-8-14-9-3-5-10(6-4-9)15(2,11)12/h3-6H,7-8H2,1-2H3. The third kappa shape index (κ3) is 3.89. The molecule has 0 aromatic heterocycles. The van der Waals surface area contributed by atoms with E-state index >= 15 is 0 Å². The average Bonchev–Trinajstić information content (AvgIpc) is 2.18. The van der Waals surface area contributed by atoms with Gasteiger partial charge in [0.1, 0.15) is 12.4 Å². The van der Waals surface area contributed by atoms with Crippen molar-refractivity contribution in [3.8, 4) is 5.75 Å². The summed E-state index contributed by atoms with van der Waals surface area (Å²) in [6.07, 6.45) is 1.17. The lowest BCUT2D eigenvalue weighted by Gasteiger charge is -2.05. The van der Waals surface area contributed by atoms with Gasteiger partial charge in [0, 0.05) is 13.4 Å². The molecule has 5 heteroatoms. The van der Waals surface area contributed by atoms with Crippen molar-refractivity contribution in [1.29, 1.82) is 0 Å². The van der Waals surface area contributed by atoms with E-state index < -0.39 is 9.84 Å². The first kappa shape index (κ1) is 12.0. The summed E-state index contributed by atoms with van der Waals surface area (Å²) in [4.78, 5) is 0.293. The van der Waals surface area contributed by atoms with Gasteiger partial charge in [-0.15, -0.1) is 0 Å². The number of rotatable bonds is 5. The minimum absolute atomic E-state index is 0.293. The summed E-state index contributed by atoms with van der Waals surface area (Å²) < 4.78 is 32.4. The Bertz CT molecular complexity index is 394. The molecule has 0 aliphatic heterocycles. The minimum atomic E-state index is -3.12. The van der Waals surface area contributed by atoms with E-state index in [0.29, 0.717) is 23.9 Å². The molecule has 1 rings (SSSR count). The minimum Gasteiger partial charge on any atom is -0.491 e. The van der Waals surface area contributed by atoms with E-state index in [1.165, 1.54) is 18.4 Å². The maximum Gasteiger partial charge on any atom is 0.175 e. The van der Waals surface area contributed by atoms with Crippen LogP contribution in [0.25, 0.3) is 0 Å². The summed E-state index contributed by atoms with van der Waals surface area (Å²) in [6, 6.07) is 6.31. The summed E-state index contributed by atoms with van der Waals surface area (Å²) in [7, 11) is -1.53. The molecule has 1 aromatic rings. The molecule has 0 amide bonds. The Morgan fingerprint density at radius 1 is 1.13 bits per heavy atom. The van der Waals surface area contributed by atoms with E-state index in [4.69, 9.17) is 9.47 Å². The highest BCUT2D eigenvalue weighted by molar-refractivity contribution is 7.90. The predicted octanol–water partition coefficient (Wildman–Crippen LogP) is 1.12. The van der Waals surface area contributed by atoms with Gasteiger partial charge >= 0.3 is 0 Å². The van der Waals surface area contributed by atoms with E-state index in [0.717, 1.165) is 0 Å². The smallest absolute Gasteiger partial charge is 0.175 e. The van der Waals surface area contributed by atoms with Crippen molar-refractivity contribution in [2.24, 2.45) is 0 Å². The number of methoxy groups -OCH3 is 1. The van der Waals surface area contributed by atoms with Crippen LogP contribution in [0.1, 0.15) is 0 Å². The van der Waals surface area contributed by atoms with Crippen LogP contribution < -0.4 is 4.74 Å². The van der Waals surface area contributed by atoms with Crippen molar-refractivity contribution in [2.75, 3.05) is 26.6 Å². The van der Waals surface area contributed by atoms with Crippen molar-refractivity contribution in [1.82, 2.24) is 0 Å². The third-order valence-electron chi connectivity index (χ3n) is 1.81. The van der Waals surface area contributed by atoms with E-state index in [1.54, 1.807) is 19.2 Å². The molecule has 0 aliphatic carbocycles. The van der Waals surface area contributed by atoms with Crippen molar-refractivity contribution >= 4 is 9.84 Å². The van der Waals surface area contributed by atoms with Gasteiger partial charge in [-0.25, -0.2) is 8.42 Å². The Hall–Kier alpha value is -1.07. The van der Waals surface area contributed by atoms with Gasteiger partial charge in [-0.3, -0.25) is 0 Å². The number of benzene rings is 1. The van der Waals surface area contributed by atoms with Crippen LogP contribution in [0.4, 0.5) is 0 Å². The number of sulfone groups is 1. The van der Waals surface area contributed by atoms with Crippen LogP contribution in [0, 0.1) is 0 Å².